The molecule has 1 fully saturated rings. The van der Waals surface area contributed by atoms with Gasteiger partial charge in [0.1, 0.15) is 24.0 Å². The van der Waals surface area contributed by atoms with Crippen molar-refractivity contribution in [3.63, 3.8) is 0 Å². The van der Waals surface area contributed by atoms with Gasteiger partial charge in [0.25, 0.3) is 5.91 Å². The summed E-state index contributed by atoms with van der Waals surface area (Å²) in [6, 6.07) is 13.4. The fraction of sp³-hybridized carbons (Fsp3) is 0.364. The number of nitrogens with zero attached hydrogens (tertiary/aromatic N) is 1. The van der Waals surface area contributed by atoms with Gasteiger partial charge in [-0.3, -0.25) is 9.69 Å². The fourth-order valence-corrected chi connectivity index (χ4v) is 3.84. The number of β-amino-alcohol motifs (C(OH)–C–C–N with tert-alkyl or cyclic N) is 1. The highest BCUT2D eigenvalue weighted by Crippen LogP contribution is 2.34. The number of halogens is 2. The van der Waals surface area contributed by atoms with E-state index in [1.165, 1.54) is 6.07 Å². The molecule has 1 saturated heterocycles. The topological polar surface area (TPSA) is 78.9 Å². The van der Waals surface area contributed by atoms with Crippen LogP contribution in [0.1, 0.15) is 31.7 Å². The number of hydrogen-bond donors (Lipinski definition) is 2. The van der Waals surface area contributed by atoms with Crippen LogP contribution in [0.4, 0.5) is 4.79 Å². The first-order valence-electron chi connectivity index (χ1n) is 9.83. The average molecular weight is 451 g/mol. The van der Waals surface area contributed by atoms with Gasteiger partial charge >= 0.3 is 6.03 Å². The Labute approximate surface area is 185 Å². The number of aliphatic hydroxyl groups is 1. The van der Waals surface area contributed by atoms with Crippen molar-refractivity contribution in [1.29, 1.82) is 0 Å². The number of carbonyl (C=O) groups excluding carboxylic acids is 2. The average Bonchev–Trinajstić information content (AvgIpc) is 2.98. The van der Waals surface area contributed by atoms with Gasteiger partial charge in [0, 0.05) is 11.1 Å². The van der Waals surface area contributed by atoms with Crippen molar-refractivity contribution in [3.8, 4) is 5.75 Å². The monoisotopic (exact) mass is 450 g/mol. The van der Waals surface area contributed by atoms with Crippen molar-refractivity contribution in [2.24, 2.45) is 0 Å². The Morgan fingerprint density at radius 2 is 1.90 bits per heavy atom. The number of unbranched alkanes of at least 4 members (excludes halogenated alkanes) is 1. The molecule has 3 amide bonds. The summed E-state index contributed by atoms with van der Waals surface area (Å²) in [7, 11) is 0. The first kappa shape index (κ1) is 22.4. The number of rotatable bonds is 9. The smallest absolute Gasteiger partial charge is 0.325 e. The number of carbonyl (C=O) groups is 2. The Morgan fingerprint density at radius 1 is 1.17 bits per heavy atom. The molecular formula is C22H24Cl2N2O4. The van der Waals surface area contributed by atoms with E-state index in [-0.39, 0.29) is 19.1 Å². The number of benzene rings is 2. The second kappa shape index (κ2) is 9.69. The van der Waals surface area contributed by atoms with E-state index in [0.717, 1.165) is 23.3 Å². The van der Waals surface area contributed by atoms with Gasteiger partial charge in [-0.1, -0.05) is 73.3 Å². The van der Waals surface area contributed by atoms with Crippen LogP contribution in [0.25, 0.3) is 0 Å². The number of urea groups is 1. The molecule has 0 aliphatic carbocycles. The predicted molar refractivity (Wildman–Crippen MR) is 116 cm³/mol. The molecule has 1 aliphatic heterocycles. The molecule has 2 aromatic rings. The van der Waals surface area contributed by atoms with Gasteiger partial charge < -0.3 is 15.2 Å². The zero-order chi connectivity index (χ0) is 21.7. The highest BCUT2D eigenvalue weighted by molar-refractivity contribution is 6.34. The second-order valence-electron chi connectivity index (χ2n) is 7.26. The Hall–Kier alpha value is -2.28. The van der Waals surface area contributed by atoms with Crippen LogP contribution in [-0.2, 0) is 10.3 Å². The van der Waals surface area contributed by atoms with Gasteiger partial charge in [-0.05, 0) is 24.1 Å². The standard InChI is InChI=1S/C22H24Cl2N2O4/c1-2-3-11-22(15-7-5-4-6-8-15)20(28)26(21(29)25-22)13-17(27)14-30-19-12-16(23)9-10-18(19)24/h4-10,12,17,27H,2-3,11,13-14H2,1H3,(H,25,29). The van der Waals surface area contributed by atoms with Crippen molar-refractivity contribution >= 4 is 35.1 Å². The summed E-state index contributed by atoms with van der Waals surface area (Å²) < 4.78 is 5.53. The summed E-state index contributed by atoms with van der Waals surface area (Å²) in [6.45, 7) is 1.69. The van der Waals surface area contributed by atoms with Crippen LogP contribution in [0, 0.1) is 0 Å². The maximum atomic E-state index is 13.3. The Kier molecular flexibility index (Phi) is 7.23. The van der Waals surface area contributed by atoms with Crippen LogP contribution in [-0.4, -0.2) is 41.2 Å². The summed E-state index contributed by atoms with van der Waals surface area (Å²) in [5, 5.41) is 14.1. The lowest BCUT2D eigenvalue weighted by atomic mass is 9.85. The van der Waals surface area contributed by atoms with Crippen LogP contribution in [0.15, 0.2) is 48.5 Å². The molecule has 160 valence electrons. The van der Waals surface area contributed by atoms with E-state index in [9.17, 15) is 14.7 Å². The number of nitrogens with one attached hydrogen (secondary N) is 1. The maximum absolute atomic E-state index is 13.3. The number of amides is 3. The molecule has 8 heteroatoms. The molecule has 0 spiro atoms. The van der Waals surface area contributed by atoms with Crippen LogP contribution in [0.3, 0.4) is 0 Å². The second-order valence-corrected chi connectivity index (χ2v) is 8.10. The Morgan fingerprint density at radius 3 is 2.60 bits per heavy atom. The normalized spacial score (nSPS) is 19.7. The minimum absolute atomic E-state index is 0.148. The summed E-state index contributed by atoms with van der Waals surface area (Å²) in [4.78, 5) is 27.0. The molecular weight excluding hydrogens is 427 g/mol. The summed E-state index contributed by atoms with van der Waals surface area (Å²) in [6.07, 6.45) is 1.05. The third kappa shape index (κ3) is 4.72. The number of ether oxygens (including phenoxy) is 1. The van der Waals surface area contributed by atoms with Crippen molar-refractivity contribution in [2.45, 2.75) is 37.8 Å². The SMILES string of the molecule is CCCCC1(c2ccccc2)NC(=O)N(CC(O)COc2cc(Cl)ccc2Cl)C1=O. The van der Waals surface area contributed by atoms with Gasteiger partial charge in [0.2, 0.25) is 0 Å². The fourth-order valence-electron chi connectivity index (χ4n) is 3.50. The van der Waals surface area contributed by atoms with E-state index in [1.807, 2.05) is 37.3 Å². The summed E-state index contributed by atoms with van der Waals surface area (Å²) in [5.41, 5.74) is -0.388. The molecule has 0 aromatic heterocycles. The third-order valence-electron chi connectivity index (χ3n) is 5.07. The quantitative estimate of drug-likeness (QED) is 0.555. The van der Waals surface area contributed by atoms with Crippen LogP contribution < -0.4 is 10.1 Å². The summed E-state index contributed by atoms with van der Waals surface area (Å²) in [5.74, 6) is -0.0472. The third-order valence-corrected chi connectivity index (χ3v) is 5.61. The van der Waals surface area contributed by atoms with Crippen molar-refractivity contribution in [2.75, 3.05) is 13.2 Å². The molecule has 30 heavy (non-hydrogen) atoms. The largest absolute Gasteiger partial charge is 0.489 e. The van der Waals surface area contributed by atoms with Crippen LogP contribution >= 0.6 is 23.2 Å². The number of hydrogen-bond acceptors (Lipinski definition) is 4. The first-order chi connectivity index (χ1) is 14.4. The van der Waals surface area contributed by atoms with Crippen molar-refractivity contribution in [1.82, 2.24) is 10.2 Å². The predicted octanol–water partition coefficient (Wildman–Crippen LogP) is 4.37. The molecule has 2 atom stereocenters. The molecule has 0 saturated carbocycles. The highest BCUT2D eigenvalue weighted by atomic mass is 35.5. The van der Waals surface area contributed by atoms with E-state index in [1.54, 1.807) is 12.1 Å². The van der Waals surface area contributed by atoms with E-state index in [2.05, 4.69) is 5.32 Å². The minimum Gasteiger partial charge on any atom is -0.489 e. The van der Waals surface area contributed by atoms with Crippen molar-refractivity contribution in [3.05, 3.63) is 64.1 Å². The molecule has 2 unspecified atom stereocenters. The minimum atomic E-state index is -1.12. The number of imide groups is 1. The lowest BCUT2D eigenvalue weighted by molar-refractivity contribution is -0.133. The molecule has 1 aliphatic rings. The number of aliphatic hydroxyl groups excluding tert-OH is 1. The molecule has 0 bridgehead atoms. The molecule has 2 aromatic carbocycles. The van der Waals surface area contributed by atoms with Crippen molar-refractivity contribution < 1.29 is 19.4 Å². The summed E-state index contributed by atoms with van der Waals surface area (Å²) >= 11 is 12.0. The van der Waals surface area contributed by atoms with E-state index in [0.29, 0.717) is 22.2 Å². The van der Waals surface area contributed by atoms with Crippen LogP contribution in [0.2, 0.25) is 10.0 Å². The Balaban J connectivity index is 1.72. The van der Waals surface area contributed by atoms with Gasteiger partial charge in [0.05, 0.1) is 11.6 Å². The molecule has 0 radical (unpaired) electrons. The van der Waals surface area contributed by atoms with E-state index < -0.39 is 17.7 Å². The molecule has 3 rings (SSSR count). The van der Waals surface area contributed by atoms with Gasteiger partial charge in [0.15, 0.2) is 0 Å². The van der Waals surface area contributed by atoms with Gasteiger partial charge in [-0.15, -0.1) is 0 Å². The first-order valence-corrected chi connectivity index (χ1v) is 10.6. The molecule has 1 heterocycles. The molecule has 2 N–H and O–H groups in total. The van der Waals surface area contributed by atoms with Crippen LogP contribution in [0.5, 0.6) is 5.75 Å². The lowest BCUT2D eigenvalue weighted by Gasteiger charge is -2.27. The van der Waals surface area contributed by atoms with Gasteiger partial charge in [-0.25, -0.2) is 4.79 Å². The maximum Gasteiger partial charge on any atom is 0.325 e. The molecule has 6 nitrogen and oxygen atoms in total. The van der Waals surface area contributed by atoms with E-state index in [4.69, 9.17) is 27.9 Å². The lowest BCUT2D eigenvalue weighted by Crippen LogP contribution is -2.45. The zero-order valence-corrected chi connectivity index (χ0v) is 18.1. The Bertz CT molecular complexity index is 909. The van der Waals surface area contributed by atoms with E-state index >= 15 is 0 Å². The van der Waals surface area contributed by atoms with Gasteiger partial charge in [-0.2, -0.15) is 0 Å². The zero-order valence-electron chi connectivity index (χ0n) is 16.6. The highest BCUT2D eigenvalue weighted by Gasteiger charge is 2.52.